The van der Waals surface area contributed by atoms with Crippen LogP contribution >= 0.6 is 0 Å². The van der Waals surface area contributed by atoms with E-state index in [-0.39, 0.29) is 0 Å². The van der Waals surface area contributed by atoms with Gasteiger partial charge in [0.25, 0.3) is 0 Å². The zero-order chi connectivity index (χ0) is 35.1. The first kappa shape index (κ1) is 30.7. The van der Waals surface area contributed by atoms with Gasteiger partial charge in [-0.2, -0.15) is 0 Å². The van der Waals surface area contributed by atoms with E-state index < -0.39 is 0 Å². The molecule has 0 amide bonds. The van der Waals surface area contributed by atoms with E-state index in [1.54, 1.807) is 0 Å². The summed E-state index contributed by atoms with van der Waals surface area (Å²) in [6, 6.07) is 68.2. The van der Waals surface area contributed by atoms with Gasteiger partial charge in [0.2, 0.25) is 0 Å². The molecule has 3 nitrogen and oxygen atoms in total. The molecule has 0 saturated heterocycles. The van der Waals surface area contributed by atoms with E-state index in [9.17, 15) is 0 Å². The van der Waals surface area contributed by atoms with Crippen LogP contribution in [0.25, 0.3) is 100.0 Å². The zero-order valence-electron chi connectivity index (χ0n) is 28.8. The normalized spacial score (nSPS) is 11.4. The summed E-state index contributed by atoms with van der Waals surface area (Å²) in [6.45, 7) is 0. The summed E-state index contributed by atoms with van der Waals surface area (Å²) in [7, 11) is 0. The van der Waals surface area contributed by atoms with E-state index in [1.165, 1.54) is 21.9 Å². The summed E-state index contributed by atoms with van der Waals surface area (Å²) < 4.78 is 6.35. The number of para-hydroxylation sites is 1. The molecule has 53 heavy (non-hydrogen) atoms. The molecule has 0 aliphatic rings. The van der Waals surface area contributed by atoms with Crippen molar-refractivity contribution in [2.45, 2.75) is 0 Å². The van der Waals surface area contributed by atoms with Gasteiger partial charge in [-0.15, -0.1) is 0 Å². The number of rotatable bonds is 6. The number of furan rings is 1. The molecule has 0 spiro atoms. The molecular weight excluding hydrogens is 645 g/mol. The minimum absolute atomic E-state index is 0.691. The van der Waals surface area contributed by atoms with Gasteiger partial charge in [-0.25, -0.2) is 9.97 Å². The first-order chi connectivity index (χ1) is 26.2. The first-order valence-corrected chi connectivity index (χ1v) is 17.9. The minimum atomic E-state index is 0.691. The molecule has 2 heterocycles. The first-order valence-electron chi connectivity index (χ1n) is 17.9. The fraction of sp³-hybridized carbons (Fsp3) is 0. The van der Waals surface area contributed by atoms with E-state index in [4.69, 9.17) is 14.4 Å². The molecular formula is C50H32N2O. The van der Waals surface area contributed by atoms with Gasteiger partial charge in [-0.1, -0.05) is 140 Å². The predicted octanol–water partition coefficient (Wildman–Crippen LogP) is 13.5. The maximum atomic E-state index is 6.35. The Balaban J connectivity index is 1.18. The Morgan fingerprint density at radius 1 is 0.283 bits per heavy atom. The van der Waals surface area contributed by atoms with Gasteiger partial charge in [-0.05, 0) is 98.8 Å². The van der Waals surface area contributed by atoms with Crippen molar-refractivity contribution in [3.8, 4) is 67.3 Å². The van der Waals surface area contributed by atoms with Crippen LogP contribution in [0.5, 0.6) is 0 Å². The van der Waals surface area contributed by atoms with Crippen molar-refractivity contribution in [3.63, 3.8) is 0 Å². The van der Waals surface area contributed by atoms with Crippen molar-refractivity contribution >= 4 is 32.7 Å². The van der Waals surface area contributed by atoms with Crippen LogP contribution in [-0.2, 0) is 0 Å². The molecule has 10 rings (SSSR count). The van der Waals surface area contributed by atoms with Crippen LogP contribution in [0.2, 0.25) is 0 Å². The van der Waals surface area contributed by atoms with Crippen LogP contribution in [-0.4, -0.2) is 9.97 Å². The highest BCUT2D eigenvalue weighted by atomic mass is 16.3. The lowest BCUT2D eigenvalue weighted by atomic mass is 9.92. The summed E-state index contributed by atoms with van der Waals surface area (Å²) >= 11 is 0. The standard InChI is InChI=1S/C50H32N2O/c1-4-12-33(13-5-1)37-22-20-34-21-23-38(27-40(34)26-37)41-28-42(39-24-25-45-44-18-10-11-19-48(44)53-49(45)31-39)30-43(29-41)47-32-46(35-14-6-2-7-15-35)51-50(52-47)36-16-8-3-9-17-36/h1-32H. The number of fused-ring (bicyclic) bond motifs is 4. The molecule has 8 aromatic carbocycles. The van der Waals surface area contributed by atoms with Gasteiger partial charge in [0.1, 0.15) is 11.2 Å². The molecule has 248 valence electrons. The number of aromatic nitrogens is 2. The predicted molar refractivity (Wildman–Crippen MR) is 219 cm³/mol. The monoisotopic (exact) mass is 676 g/mol. The topological polar surface area (TPSA) is 38.9 Å². The molecule has 0 atom stereocenters. The Labute approximate surface area is 307 Å². The molecule has 0 aliphatic heterocycles. The van der Waals surface area contributed by atoms with Gasteiger partial charge in [-0.3, -0.25) is 0 Å². The van der Waals surface area contributed by atoms with Gasteiger partial charge in [0.05, 0.1) is 11.4 Å². The summed E-state index contributed by atoms with van der Waals surface area (Å²) in [6.07, 6.45) is 0. The van der Waals surface area contributed by atoms with E-state index in [0.717, 1.165) is 72.3 Å². The summed E-state index contributed by atoms with van der Waals surface area (Å²) in [5, 5.41) is 4.63. The fourth-order valence-corrected chi connectivity index (χ4v) is 7.32. The third kappa shape index (κ3) is 5.85. The molecule has 3 heteroatoms. The maximum Gasteiger partial charge on any atom is 0.160 e. The Morgan fingerprint density at radius 3 is 1.49 bits per heavy atom. The van der Waals surface area contributed by atoms with E-state index in [2.05, 4.69) is 158 Å². The van der Waals surface area contributed by atoms with Crippen molar-refractivity contribution < 1.29 is 4.42 Å². The highest BCUT2D eigenvalue weighted by molar-refractivity contribution is 6.06. The summed E-state index contributed by atoms with van der Waals surface area (Å²) in [4.78, 5) is 10.3. The largest absolute Gasteiger partial charge is 0.456 e. The Hall–Kier alpha value is -7.10. The molecule has 0 aliphatic carbocycles. The van der Waals surface area contributed by atoms with Gasteiger partial charge in [0, 0.05) is 27.5 Å². The van der Waals surface area contributed by atoms with Crippen molar-refractivity contribution in [1.82, 2.24) is 9.97 Å². The number of nitrogens with zero attached hydrogens (tertiary/aromatic N) is 2. The van der Waals surface area contributed by atoms with Crippen molar-refractivity contribution in [2.75, 3.05) is 0 Å². The quantitative estimate of drug-likeness (QED) is 0.176. The van der Waals surface area contributed by atoms with Crippen LogP contribution < -0.4 is 0 Å². The van der Waals surface area contributed by atoms with Gasteiger partial charge in [0.15, 0.2) is 5.82 Å². The summed E-state index contributed by atoms with van der Waals surface area (Å²) in [5.74, 6) is 0.691. The molecule has 0 fully saturated rings. The van der Waals surface area contributed by atoms with Crippen molar-refractivity contribution in [3.05, 3.63) is 194 Å². The maximum absolute atomic E-state index is 6.35. The average Bonchev–Trinajstić information content (AvgIpc) is 3.62. The average molecular weight is 677 g/mol. The second-order valence-corrected chi connectivity index (χ2v) is 13.4. The Morgan fingerprint density at radius 2 is 0.792 bits per heavy atom. The fourth-order valence-electron chi connectivity index (χ4n) is 7.32. The second-order valence-electron chi connectivity index (χ2n) is 13.4. The zero-order valence-corrected chi connectivity index (χ0v) is 28.8. The molecule has 0 N–H and O–H groups in total. The SMILES string of the molecule is c1ccc(-c2ccc3ccc(-c4cc(-c5ccc6c(c5)oc5ccccc56)cc(-c5cc(-c6ccccc6)nc(-c6ccccc6)n5)c4)cc3c2)cc1. The molecule has 10 aromatic rings. The van der Waals surface area contributed by atoms with Crippen LogP contribution in [0.15, 0.2) is 199 Å². The lowest BCUT2D eigenvalue weighted by Gasteiger charge is -2.14. The number of hydrogen-bond donors (Lipinski definition) is 0. The number of benzene rings is 8. The molecule has 0 saturated carbocycles. The third-order valence-electron chi connectivity index (χ3n) is 10.0. The smallest absolute Gasteiger partial charge is 0.160 e. The highest BCUT2D eigenvalue weighted by Crippen LogP contribution is 2.38. The Bertz CT molecular complexity index is 2870. The van der Waals surface area contributed by atoms with Gasteiger partial charge >= 0.3 is 0 Å². The van der Waals surface area contributed by atoms with E-state index >= 15 is 0 Å². The Kier molecular flexibility index (Phi) is 7.47. The van der Waals surface area contributed by atoms with Gasteiger partial charge < -0.3 is 4.42 Å². The van der Waals surface area contributed by atoms with Crippen LogP contribution in [0, 0.1) is 0 Å². The van der Waals surface area contributed by atoms with Crippen molar-refractivity contribution in [2.24, 2.45) is 0 Å². The number of hydrogen-bond acceptors (Lipinski definition) is 3. The third-order valence-corrected chi connectivity index (χ3v) is 10.0. The summed E-state index contributed by atoms with van der Waals surface area (Å²) in [5.41, 5.74) is 13.3. The van der Waals surface area contributed by atoms with Crippen molar-refractivity contribution in [1.29, 1.82) is 0 Å². The van der Waals surface area contributed by atoms with Crippen LogP contribution in [0.4, 0.5) is 0 Å². The van der Waals surface area contributed by atoms with E-state index in [0.29, 0.717) is 5.82 Å². The van der Waals surface area contributed by atoms with E-state index in [1.807, 2.05) is 36.4 Å². The minimum Gasteiger partial charge on any atom is -0.456 e. The lowest BCUT2D eigenvalue weighted by Crippen LogP contribution is -1.96. The van der Waals surface area contributed by atoms with Crippen LogP contribution in [0.1, 0.15) is 0 Å². The highest BCUT2D eigenvalue weighted by Gasteiger charge is 2.15. The van der Waals surface area contributed by atoms with Crippen LogP contribution in [0.3, 0.4) is 0 Å². The second kappa shape index (κ2) is 12.9. The molecule has 0 unspecified atom stereocenters. The molecule has 0 radical (unpaired) electrons. The molecule has 0 bridgehead atoms. The lowest BCUT2D eigenvalue weighted by molar-refractivity contribution is 0.669. The molecule has 2 aromatic heterocycles.